The summed E-state index contributed by atoms with van der Waals surface area (Å²) >= 11 is 0. The second kappa shape index (κ2) is 7.16. The lowest BCUT2D eigenvalue weighted by atomic mass is 10.1. The van der Waals surface area contributed by atoms with E-state index in [4.69, 9.17) is 4.42 Å². The normalized spacial score (nSPS) is 18.5. The zero-order valence-corrected chi connectivity index (χ0v) is 14.8. The number of hydrogen-bond donors (Lipinski definition) is 0. The molecule has 0 aliphatic heterocycles. The third kappa shape index (κ3) is 3.54. The number of furan rings is 1. The van der Waals surface area contributed by atoms with Gasteiger partial charge in [-0.25, -0.2) is 0 Å². The van der Waals surface area contributed by atoms with Crippen molar-refractivity contribution in [1.82, 2.24) is 9.88 Å². The summed E-state index contributed by atoms with van der Waals surface area (Å²) in [6.07, 6.45) is 4.31. The minimum Gasteiger partial charge on any atom is -0.469 e. The molecule has 2 atom stereocenters. The number of carbonyl (C=O) groups excluding carboxylic acids is 1. The van der Waals surface area contributed by atoms with Gasteiger partial charge in [0.15, 0.2) is 0 Å². The molecule has 1 saturated carbocycles. The van der Waals surface area contributed by atoms with Crippen LogP contribution >= 0.6 is 0 Å². The van der Waals surface area contributed by atoms with Gasteiger partial charge in [-0.1, -0.05) is 30.3 Å². The predicted octanol–water partition coefficient (Wildman–Crippen LogP) is 4.32. The van der Waals surface area contributed by atoms with E-state index in [2.05, 4.69) is 24.0 Å². The van der Waals surface area contributed by atoms with Gasteiger partial charge in [-0.05, 0) is 48.7 Å². The van der Waals surface area contributed by atoms with Gasteiger partial charge in [-0.3, -0.25) is 9.78 Å². The summed E-state index contributed by atoms with van der Waals surface area (Å²) in [6.45, 7) is 3.21. The lowest BCUT2D eigenvalue weighted by Gasteiger charge is -2.23. The molecular weight excluding hydrogens is 324 g/mol. The molecule has 1 aromatic carbocycles. The highest BCUT2D eigenvalue weighted by Crippen LogP contribution is 2.48. The van der Waals surface area contributed by atoms with Crippen molar-refractivity contribution in [2.75, 3.05) is 0 Å². The highest BCUT2D eigenvalue weighted by atomic mass is 16.3. The second-order valence-electron chi connectivity index (χ2n) is 6.91. The Labute approximate surface area is 153 Å². The molecule has 0 bridgehead atoms. The Balaban J connectivity index is 1.54. The van der Waals surface area contributed by atoms with Gasteiger partial charge in [0.25, 0.3) is 0 Å². The molecule has 2 unspecified atom stereocenters. The Bertz CT molecular complexity index is 874. The first kappa shape index (κ1) is 16.6. The van der Waals surface area contributed by atoms with Gasteiger partial charge in [0.1, 0.15) is 5.76 Å². The Morgan fingerprint density at radius 2 is 1.96 bits per heavy atom. The molecule has 132 valence electrons. The lowest BCUT2D eigenvalue weighted by Crippen LogP contribution is -2.32. The van der Waals surface area contributed by atoms with Crippen molar-refractivity contribution in [2.45, 2.75) is 32.4 Å². The molecule has 4 rings (SSSR count). The summed E-state index contributed by atoms with van der Waals surface area (Å²) in [6, 6.07) is 17.9. The first-order valence-corrected chi connectivity index (χ1v) is 8.99. The average Bonchev–Trinajstić information content (AvgIpc) is 3.27. The third-order valence-corrected chi connectivity index (χ3v) is 5.03. The van der Waals surface area contributed by atoms with Crippen LogP contribution in [-0.4, -0.2) is 15.8 Å². The molecule has 3 aromatic rings. The number of rotatable bonds is 6. The Morgan fingerprint density at radius 1 is 1.12 bits per heavy atom. The molecule has 26 heavy (non-hydrogen) atoms. The van der Waals surface area contributed by atoms with Crippen LogP contribution in [0.2, 0.25) is 0 Å². The van der Waals surface area contributed by atoms with E-state index in [1.54, 1.807) is 12.5 Å². The zero-order valence-electron chi connectivity index (χ0n) is 14.8. The quantitative estimate of drug-likeness (QED) is 0.668. The molecule has 4 nitrogen and oxygen atoms in total. The molecule has 0 saturated heterocycles. The fourth-order valence-corrected chi connectivity index (χ4v) is 3.41. The van der Waals surface area contributed by atoms with Crippen LogP contribution in [0.25, 0.3) is 0 Å². The van der Waals surface area contributed by atoms with Crippen molar-refractivity contribution in [2.24, 2.45) is 5.92 Å². The molecular formula is C22H22N2O2. The maximum atomic E-state index is 13.2. The molecule has 1 aliphatic carbocycles. The number of hydrogen-bond acceptors (Lipinski definition) is 3. The van der Waals surface area contributed by atoms with Crippen molar-refractivity contribution in [3.63, 3.8) is 0 Å². The molecule has 1 amide bonds. The van der Waals surface area contributed by atoms with Gasteiger partial charge in [0.05, 0.1) is 18.5 Å². The van der Waals surface area contributed by atoms with E-state index in [-0.39, 0.29) is 17.7 Å². The number of benzene rings is 1. The fourth-order valence-electron chi connectivity index (χ4n) is 3.41. The van der Waals surface area contributed by atoms with Crippen LogP contribution in [0.4, 0.5) is 0 Å². The summed E-state index contributed by atoms with van der Waals surface area (Å²) in [5.74, 6) is 1.31. The predicted molar refractivity (Wildman–Crippen MR) is 99.2 cm³/mol. The first-order valence-electron chi connectivity index (χ1n) is 8.99. The molecule has 4 heteroatoms. The number of nitrogens with zero attached hydrogens (tertiary/aromatic N) is 2. The van der Waals surface area contributed by atoms with Gasteiger partial charge < -0.3 is 9.32 Å². The topological polar surface area (TPSA) is 46.3 Å². The van der Waals surface area contributed by atoms with Gasteiger partial charge in [0.2, 0.25) is 5.91 Å². The van der Waals surface area contributed by atoms with Crippen molar-refractivity contribution >= 4 is 5.91 Å². The Hall–Kier alpha value is -2.88. The third-order valence-electron chi connectivity index (χ3n) is 5.03. The van der Waals surface area contributed by atoms with Crippen LogP contribution in [0.5, 0.6) is 0 Å². The smallest absolute Gasteiger partial charge is 0.227 e. The maximum absolute atomic E-state index is 13.2. The van der Waals surface area contributed by atoms with Crippen molar-refractivity contribution in [3.05, 3.63) is 89.6 Å². The summed E-state index contributed by atoms with van der Waals surface area (Å²) in [5, 5.41) is 0. The highest BCUT2D eigenvalue weighted by molar-refractivity contribution is 5.82. The Morgan fingerprint density at radius 3 is 2.69 bits per heavy atom. The highest BCUT2D eigenvalue weighted by Gasteiger charge is 2.47. The molecule has 0 spiro atoms. The van der Waals surface area contributed by atoms with Crippen LogP contribution in [0, 0.1) is 12.8 Å². The van der Waals surface area contributed by atoms with E-state index in [9.17, 15) is 4.79 Å². The summed E-state index contributed by atoms with van der Waals surface area (Å²) in [4.78, 5) is 19.5. The van der Waals surface area contributed by atoms with Crippen LogP contribution in [0.15, 0.2) is 71.5 Å². The molecule has 2 aromatic heterocycles. The van der Waals surface area contributed by atoms with E-state index in [0.717, 1.165) is 17.9 Å². The molecule has 2 heterocycles. The van der Waals surface area contributed by atoms with Gasteiger partial charge in [-0.2, -0.15) is 0 Å². The number of pyridine rings is 1. The van der Waals surface area contributed by atoms with Crippen molar-refractivity contribution in [1.29, 1.82) is 0 Å². The summed E-state index contributed by atoms with van der Waals surface area (Å²) in [5.41, 5.74) is 3.28. The number of aromatic nitrogens is 1. The van der Waals surface area contributed by atoms with Gasteiger partial charge in [0, 0.05) is 24.6 Å². The largest absolute Gasteiger partial charge is 0.469 e. The number of amides is 1. The van der Waals surface area contributed by atoms with Crippen molar-refractivity contribution in [3.8, 4) is 0 Å². The van der Waals surface area contributed by atoms with E-state index in [0.29, 0.717) is 13.1 Å². The monoisotopic (exact) mass is 346 g/mol. The van der Waals surface area contributed by atoms with Crippen LogP contribution < -0.4 is 0 Å². The van der Waals surface area contributed by atoms with E-state index < -0.39 is 0 Å². The Kier molecular flexibility index (Phi) is 4.57. The standard InChI is InChI=1S/C22H22N2O2/c1-16-7-2-3-8-17(16)14-24(15-18-9-4-5-11-23-18)22(25)20-13-19(20)21-10-6-12-26-21/h2-12,19-20H,13-15H2,1H3. The molecule has 0 radical (unpaired) electrons. The van der Waals surface area contributed by atoms with Crippen LogP contribution in [-0.2, 0) is 17.9 Å². The molecule has 1 fully saturated rings. The summed E-state index contributed by atoms with van der Waals surface area (Å²) in [7, 11) is 0. The van der Waals surface area contributed by atoms with E-state index in [1.807, 2.05) is 47.4 Å². The maximum Gasteiger partial charge on any atom is 0.227 e. The second-order valence-corrected chi connectivity index (χ2v) is 6.91. The van der Waals surface area contributed by atoms with Crippen LogP contribution in [0.3, 0.4) is 0 Å². The van der Waals surface area contributed by atoms with Crippen LogP contribution in [0.1, 0.15) is 34.9 Å². The van der Waals surface area contributed by atoms with E-state index >= 15 is 0 Å². The van der Waals surface area contributed by atoms with Gasteiger partial charge >= 0.3 is 0 Å². The number of aryl methyl sites for hydroxylation is 1. The first-order chi connectivity index (χ1) is 12.7. The average molecular weight is 346 g/mol. The minimum absolute atomic E-state index is 0.00822. The SMILES string of the molecule is Cc1ccccc1CN(Cc1ccccn1)C(=O)C1CC1c1ccco1. The fraction of sp³-hybridized carbons (Fsp3) is 0.273. The lowest BCUT2D eigenvalue weighted by molar-refractivity contribution is -0.134. The van der Waals surface area contributed by atoms with E-state index in [1.165, 1.54) is 11.1 Å². The van der Waals surface area contributed by atoms with Gasteiger partial charge in [-0.15, -0.1) is 0 Å². The molecule has 0 N–H and O–H groups in total. The number of carbonyl (C=O) groups is 1. The van der Waals surface area contributed by atoms with Crippen molar-refractivity contribution < 1.29 is 9.21 Å². The molecule has 1 aliphatic rings. The minimum atomic E-state index is 0.00822. The summed E-state index contributed by atoms with van der Waals surface area (Å²) < 4.78 is 5.49. The zero-order chi connectivity index (χ0) is 17.9.